The Morgan fingerprint density at radius 3 is 2.78 bits per heavy atom. The molecule has 0 aromatic heterocycles. The molecule has 0 fully saturated rings. The van der Waals surface area contributed by atoms with E-state index >= 15 is 0 Å². The lowest BCUT2D eigenvalue weighted by atomic mass is 10.2. The van der Waals surface area contributed by atoms with Crippen molar-refractivity contribution in [3.63, 3.8) is 0 Å². The summed E-state index contributed by atoms with van der Waals surface area (Å²) in [5.41, 5.74) is 0.799. The Kier molecular flexibility index (Phi) is 4.92. The normalized spacial score (nSPS) is 12.1. The van der Waals surface area contributed by atoms with Crippen molar-refractivity contribution in [1.82, 2.24) is 5.32 Å². The fourth-order valence-corrected chi connectivity index (χ4v) is 1.24. The molecule has 0 aliphatic rings. The van der Waals surface area contributed by atoms with E-state index < -0.39 is 17.9 Å². The molecule has 0 heterocycles. The molecule has 0 bridgehead atoms. The van der Waals surface area contributed by atoms with Gasteiger partial charge in [-0.25, -0.2) is 0 Å². The van der Waals surface area contributed by atoms with E-state index in [1.165, 1.54) is 13.0 Å². The van der Waals surface area contributed by atoms with E-state index in [0.717, 1.165) is 5.56 Å². The monoisotopic (exact) mass is 249 g/mol. The van der Waals surface area contributed by atoms with Gasteiger partial charge >= 0.3 is 5.97 Å². The summed E-state index contributed by atoms with van der Waals surface area (Å²) in [6.07, 6.45) is 2.88. The maximum Gasteiger partial charge on any atom is 0.325 e. The standard InChI is InChI=1S/C13H15NO4/c1-9(13(16)17)14-12(15)7-6-10-4-3-5-11(8-10)18-2/h3-9H,1-2H3,(H,14,15)(H,16,17)/b7-6+/t9-/m0/s1. The average Bonchev–Trinajstić information content (AvgIpc) is 2.36. The lowest BCUT2D eigenvalue weighted by molar-refractivity contribution is -0.140. The summed E-state index contributed by atoms with van der Waals surface area (Å²) in [5, 5.41) is 11.0. The highest BCUT2D eigenvalue weighted by Gasteiger charge is 2.11. The molecule has 1 atom stereocenters. The number of nitrogens with one attached hydrogen (secondary N) is 1. The molecule has 18 heavy (non-hydrogen) atoms. The zero-order chi connectivity index (χ0) is 13.5. The number of benzene rings is 1. The number of amides is 1. The summed E-state index contributed by atoms with van der Waals surface area (Å²) in [4.78, 5) is 21.9. The maximum absolute atomic E-state index is 11.4. The third-order valence-electron chi connectivity index (χ3n) is 2.25. The molecular weight excluding hydrogens is 234 g/mol. The Morgan fingerprint density at radius 1 is 1.44 bits per heavy atom. The molecule has 1 aromatic rings. The van der Waals surface area contributed by atoms with E-state index in [2.05, 4.69) is 5.32 Å². The van der Waals surface area contributed by atoms with E-state index in [1.54, 1.807) is 31.4 Å². The van der Waals surface area contributed by atoms with Gasteiger partial charge in [-0.2, -0.15) is 0 Å². The zero-order valence-corrected chi connectivity index (χ0v) is 10.2. The van der Waals surface area contributed by atoms with Crippen LogP contribution in [0.4, 0.5) is 0 Å². The number of carboxylic acid groups (broad SMARTS) is 1. The van der Waals surface area contributed by atoms with Crippen molar-refractivity contribution < 1.29 is 19.4 Å². The van der Waals surface area contributed by atoms with E-state index in [0.29, 0.717) is 5.75 Å². The summed E-state index contributed by atoms with van der Waals surface area (Å²) in [7, 11) is 1.56. The fourth-order valence-electron chi connectivity index (χ4n) is 1.24. The molecule has 0 aliphatic heterocycles. The van der Waals surface area contributed by atoms with Gasteiger partial charge in [0.25, 0.3) is 0 Å². The Balaban J connectivity index is 2.63. The van der Waals surface area contributed by atoms with Gasteiger partial charge in [-0.05, 0) is 30.7 Å². The number of methoxy groups -OCH3 is 1. The highest BCUT2D eigenvalue weighted by atomic mass is 16.5. The van der Waals surface area contributed by atoms with Crippen molar-refractivity contribution >= 4 is 18.0 Å². The number of carbonyl (C=O) groups is 2. The van der Waals surface area contributed by atoms with E-state index in [4.69, 9.17) is 9.84 Å². The van der Waals surface area contributed by atoms with Gasteiger partial charge in [-0.15, -0.1) is 0 Å². The Bertz CT molecular complexity index is 468. The Hall–Kier alpha value is -2.30. The van der Waals surface area contributed by atoms with Crippen molar-refractivity contribution in [3.05, 3.63) is 35.9 Å². The first kappa shape index (κ1) is 13.8. The number of aliphatic carboxylic acids is 1. The number of hydrogen-bond acceptors (Lipinski definition) is 3. The third kappa shape index (κ3) is 4.29. The van der Waals surface area contributed by atoms with Gasteiger partial charge < -0.3 is 15.2 Å². The van der Waals surface area contributed by atoms with E-state index in [9.17, 15) is 9.59 Å². The van der Waals surface area contributed by atoms with Crippen LogP contribution in [0.25, 0.3) is 6.08 Å². The van der Waals surface area contributed by atoms with Crippen LogP contribution in [0.2, 0.25) is 0 Å². The summed E-state index contributed by atoms with van der Waals surface area (Å²) >= 11 is 0. The predicted molar refractivity (Wildman–Crippen MR) is 67.3 cm³/mol. The van der Waals surface area contributed by atoms with Gasteiger partial charge in [0.15, 0.2) is 0 Å². The minimum absolute atomic E-state index is 0.451. The second kappa shape index (κ2) is 6.44. The topological polar surface area (TPSA) is 75.6 Å². The van der Waals surface area contributed by atoms with Crippen molar-refractivity contribution in [3.8, 4) is 5.75 Å². The SMILES string of the molecule is COc1cccc(/C=C/C(=O)N[C@@H](C)C(=O)O)c1. The fraction of sp³-hybridized carbons (Fsp3) is 0.231. The first-order valence-electron chi connectivity index (χ1n) is 5.38. The number of hydrogen-bond donors (Lipinski definition) is 2. The number of ether oxygens (including phenoxy) is 1. The molecule has 5 nitrogen and oxygen atoms in total. The van der Waals surface area contributed by atoms with Crippen LogP contribution in [0, 0.1) is 0 Å². The van der Waals surface area contributed by atoms with Gasteiger partial charge in [-0.3, -0.25) is 9.59 Å². The lowest BCUT2D eigenvalue weighted by Gasteiger charge is -2.06. The quantitative estimate of drug-likeness (QED) is 0.771. The molecule has 1 rings (SSSR count). The predicted octanol–water partition coefficient (Wildman–Crippen LogP) is 1.30. The number of carboxylic acids is 1. The molecule has 1 amide bonds. The molecule has 0 saturated carbocycles. The van der Waals surface area contributed by atoms with Crippen LogP contribution in [0.5, 0.6) is 5.75 Å². The van der Waals surface area contributed by atoms with Crippen LogP contribution in [0.1, 0.15) is 12.5 Å². The van der Waals surface area contributed by atoms with Crippen molar-refractivity contribution in [2.24, 2.45) is 0 Å². The minimum Gasteiger partial charge on any atom is -0.497 e. The first-order valence-corrected chi connectivity index (χ1v) is 5.38. The molecule has 5 heteroatoms. The van der Waals surface area contributed by atoms with Gasteiger partial charge in [0.1, 0.15) is 11.8 Å². The Morgan fingerprint density at radius 2 is 2.17 bits per heavy atom. The number of rotatable bonds is 5. The molecule has 0 saturated heterocycles. The van der Waals surface area contributed by atoms with Gasteiger partial charge in [0.2, 0.25) is 5.91 Å². The van der Waals surface area contributed by atoms with Crippen molar-refractivity contribution in [2.75, 3.05) is 7.11 Å². The molecule has 2 N–H and O–H groups in total. The molecule has 0 spiro atoms. The summed E-state index contributed by atoms with van der Waals surface area (Å²) in [5.74, 6) is -0.831. The highest BCUT2D eigenvalue weighted by molar-refractivity contribution is 5.94. The second-order valence-corrected chi connectivity index (χ2v) is 3.68. The average molecular weight is 249 g/mol. The van der Waals surface area contributed by atoms with Gasteiger partial charge in [0.05, 0.1) is 7.11 Å². The van der Waals surface area contributed by atoms with Crippen LogP contribution < -0.4 is 10.1 Å². The smallest absolute Gasteiger partial charge is 0.325 e. The minimum atomic E-state index is -1.07. The highest BCUT2D eigenvalue weighted by Crippen LogP contribution is 2.13. The number of carbonyl (C=O) groups excluding carboxylic acids is 1. The van der Waals surface area contributed by atoms with E-state index in [-0.39, 0.29) is 0 Å². The Labute approximate surface area is 105 Å². The second-order valence-electron chi connectivity index (χ2n) is 3.68. The van der Waals surface area contributed by atoms with Crippen LogP contribution in [-0.2, 0) is 9.59 Å². The molecule has 0 radical (unpaired) electrons. The molecule has 0 unspecified atom stereocenters. The van der Waals surface area contributed by atoms with Crippen LogP contribution in [0.3, 0.4) is 0 Å². The molecule has 1 aromatic carbocycles. The van der Waals surface area contributed by atoms with Crippen molar-refractivity contribution in [2.45, 2.75) is 13.0 Å². The third-order valence-corrected chi connectivity index (χ3v) is 2.25. The van der Waals surface area contributed by atoms with Crippen molar-refractivity contribution in [1.29, 1.82) is 0 Å². The largest absolute Gasteiger partial charge is 0.497 e. The van der Waals surface area contributed by atoms with Crippen LogP contribution in [0.15, 0.2) is 30.3 Å². The van der Waals surface area contributed by atoms with Crippen LogP contribution in [-0.4, -0.2) is 30.1 Å². The van der Waals surface area contributed by atoms with E-state index in [1.807, 2.05) is 6.07 Å². The molecular formula is C13H15NO4. The van der Waals surface area contributed by atoms with Gasteiger partial charge in [0, 0.05) is 6.08 Å². The summed E-state index contributed by atoms with van der Waals surface area (Å²) < 4.78 is 5.05. The van der Waals surface area contributed by atoms with Crippen LogP contribution >= 0.6 is 0 Å². The zero-order valence-electron chi connectivity index (χ0n) is 10.2. The molecule has 0 aliphatic carbocycles. The lowest BCUT2D eigenvalue weighted by Crippen LogP contribution is -2.37. The van der Waals surface area contributed by atoms with Gasteiger partial charge in [-0.1, -0.05) is 12.1 Å². The maximum atomic E-state index is 11.4. The summed E-state index contributed by atoms with van der Waals surface area (Å²) in [6, 6.07) is 6.27. The first-order chi connectivity index (χ1) is 8.52. The summed E-state index contributed by atoms with van der Waals surface area (Å²) in [6.45, 7) is 1.40. The molecule has 96 valence electrons.